The van der Waals surface area contributed by atoms with Crippen molar-refractivity contribution in [2.75, 3.05) is 0 Å². The lowest BCUT2D eigenvalue weighted by Crippen LogP contribution is -2.11. The fourth-order valence-electron chi connectivity index (χ4n) is 0.673. The lowest BCUT2D eigenvalue weighted by Gasteiger charge is -2.02. The van der Waals surface area contributed by atoms with Crippen LogP contribution in [0.3, 0.4) is 0 Å². The third-order valence-electron chi connectivity index (χ3n) is 1.40. The Kier molecular flexibility index (Phi) is 3.22. The summed E-state index contributed by atoms with van der Waals surface area (Å²) in [6, 6.07) is 3.63. The second-order valence-electron chi connectivity index (χ2n) is 2.37. The molecular weight excluding hydrogens is 176 g/mol. The predicted octanol–water partition coefficient (Wildman–Crippen LogP) is 1.99. The zero-order valence-electron chi connectivity index (χ0n) is 6.69. The lowest BCUT2D eigenvalue weighted by molar-refractivity contribution is -0.136. The van der Waals surface area contributed by atoms with Crippen LogP contribution in [-0.2, 0) is 10.5 Å². The predicted molar refractivity (Wildman–Crippen MR) is 47.1 cm³/mol. The maximum Gasteiger partial charge on any atom is 0.316 e. The number of carboxylic acids is 1. The fourth-order valence-corrected chi connectivity index (χ4v) is 1.39. The van der Waals surface area contributed by atoms with Crippen LogP contribution < -0.4 is 0 Å². The van der Waals surface area contributed by atoms with Gasteiger partial charge in [0.2, 0.25) is 0 Å². The first-order chi connectivity index (χ1) is 5.70. The van der Waals surface area contributed by atoms with Crippen LogP contribution in [0, 0.1) is 0 Å². The monoisotopic (exact) mass is 186 g/mol. The second kappa shape index (κ2) is 4.21. The topological polar surface area (TPSA) is 50.4 Å². The molecule has 3 nitrogen and oxygen atoms in total. The van der Waals surface area contributed by atoms with Crippen molar-refractivity contribution in [3.05, 3.63) is 24.2 Å². The summed E-state index contributed by atoms with van der Waals surface area (Å²) < 4.78 is 5.05. The second-order valence-corrected chi connectivity index (χ2v) is 3.70. The zero-order valence-corrected chi connectivity index (χ0v) is 7.50. The summed E-state index contributed by atoms with van der Waals surface area (Å²) in [6.45, 7) is 1.66. The van der Waals surface area contributed by atoms with Gasteiger partial charge >= 0.3 is 5.97 Å². The van der Waals surface area contributed by atoms with Crippen LogP contribution in [0.4, 0.5) is 0 Å². The number of carboxylic acid groups (broad SMARTS) is 1. The molecule has 0 radical (unpaired) electrons. The van der Waals surface area contributed by atoms with Gasteiger partial charge in [-0.3, -0.25) is 4.79 Å². The standard InChI is InChI=1S/C8H10O3S/c1-6(8(9)10)12-5-7-3-2-4-11-7/h2-4,6H,5H2,1H3,(H,9,10)/t6-/m1/s1. The van der Waals surface area contributed by atoms with Crippen LogP contribution in [0.25, 0.3) is 0 Å². The molecule has 1 aromatic rings. The first-order valence-corrected chi connectivity index (χ1v) is 4.62. The Labute approximate surface area is 74.8 Å². The van der Waals surface area contributed by atoms with Crippen LogP contribution in [-0.4, -0.2) is 16.3 Å². The number of thioether (sulfide) groups is 1. The van der Waals surface area contributed by atoms with Crippen molar-refractivity contribution in [1.29, 1.82) is 0 Å². The summed E-state index contributed by atoms with van der Waals surface area (Å²) in [5, 5.41) is 8.18. The molecule has 0 unspecified atom stereocenters. The highest BCUT2D eigenvalue weighted by Crippen LogP contribution is 2.17. The van der Waals surface area contributed by atoms with E-state index < -0.39 is 5.97 Å². The normalized spacial score (nSPS) is 12.8. The first kappa shape index (κ1) is 9.19. The highest BCUT2D eigenvalue weighted by molar-refractivity contribution is 7.99. The summed E-state index contributed by atoms with van der Waals surface area (Å²) in [7, 11) is 0. The Morgan fingerprint density at radius 1 is 1.83 bits per heavy atom. The van der Waals surface area contributed by atoms with E-state index in [9.17, 15) is 4.79 Å². The largest absolute Gasteiger partial charge is 0.480 e. The van der Waals surface area contributed by atoms with Crippen molar-refractivity contribution >= 4 is 17.7 Å². The van der Waals surface area contributed by atoms with E-state index in [1.807, 2.05) is 6.07 Å². The fraction of sp³-hybridized carbons (Fsp3) is 0.375. The summed E-state index contributed by atoms with van der Waals surface area (Å²) in [5.41, 5.74) is 0. The molecule has 0 saturated carbocycles. The Balaban J connectivity index is 2.31. The summed E-state index contributed by atoms with van der Waals surface area (Å²) in [4.78, 5) is 10.4. The molecule has 0 aliphatic heterocycles. The summed E-state index contributed by atoms with van der Waals surface area (Å²) in [5.74, 6) is 0.639. The summed E-state index contributed by atoms with van der Waals surface area (Å²) >= 11 is 1.35. The van der Waals surface area contributed by atoms with Crippen molar-refractivity contribution in [1.82, 2.24) is 0 Å². The highest BCUT2D eigenvalue weighted by Gasteiger charge is 2.11. The van der Waals surface area contributed by atoms with Gasteiger partial charge in [0.05, 0.1) is 17.3 Å². The van der Waals surface area contributed by atoms with E-state index in [0.29, 0.717) is 5.75 Å². The number of hydrogen-bond acceptors (Lipinski definition) is 3. The maximum absolute atomic E-state index is 10.4. The molecule has 4 heteroatoms. The average Bonchev–Trinajstić information content (AvgIpc) is 2.51. The van der Waals surface area contributed by atoms with Crippen LogP contribution >= 0.6 is 11.8 Å². The third kappa shape index (κ3) is 2.62. The van der Waals surface area contributed by atoms with E-state index in [1.54, 1.807) is 19.3 Å². The molecule has 1 heterocycles. The SMILES string of the molecule is C[C@@H](SCc1ccco1)C(=O)O. The van der Waals surface area contributed by atoms with Gasteiger partial charge < -0.3 is 9.52 Å². The third-order valence-corrected chi connectivity index (χ3v) is 2.56. The van der Waals surface area contributed by atoms with Gasteiger partial charge in [-0.25, -0.2) is 0 Å². The molecule has 0 amide bonds. The molecule has 0 saturated heterocycles. The van der Waals surface area contributed by atoms with Crippen molar-refractivity contribution in [3.63, 3.8) is 0 Å². The molecule has 0 bridgehead atoms. The van der Waals surface area contributed by atoms with E-state index in [0.717, 1.165) is 5.76 Å². The van der Waals surface area contributed by atoms with Crippen molar-refractivity contribution in [2.45, 2.75) is 17.9 Å². The van der Waals surface area contributed by atoms with E-state index in [4.69, 9.17) is 9.52 Å². The Morgan fingerprint density at radius 3 is 3.08 bits per heavy atom. The molecule has 0 fully saturated rings. The van der Waals surface area contributed by atoms with Gasteiger partial charge in [-0.1, -0.05) is 0 Å². The Morgan fingerprint density at radius 2 is 2.58 bits per heavy atom. The minimum atomic E-state index is -0.786. The molecule has 0 aromatic carbocycles. The van der Waals surface area contributed by atoms with Crippen LogP contribution in [0.5, 0.6) is 0 Å². The van der Waals surface area contributed by atoms with Gasteiger partial charge in [0.1, 0.15) is 5.76 Å². The zero-order chi connectivity index (χ0) is 8.97. The molecule has 1 atom stereocenters. The van der Waals surface area contributed by atoms with Gasteiger partial charge in [-0.05, 0) is 19.1 Å². The maximum atomic E-state index is 10.4. The molecule has 1 rings (SSSR count). The van der Waals surface area contributed by atoms with Crippen molar-refractivity contribution in [3.8, 4) is 0 Å². The van der Waals surface area contributed by atoms with Gasteiger partial charge in [-0.2, -0.15) is 0 Å². The Bertz CT molecular complexity index is 243. The summed E-state index contributed by atoms with van der Waals surface area (Å²) in [6.07, 6.45) is 1.58. The molecule has 0 aliphatic rings. The Hall–Kier alpha value is -0.900. The number of rotatable bonds is 4. The van der Waals surface area contributed by atoms with Gasteiger partial charge in [0.25, 0.3) is 0 Å². The van der Waals surface area contributed by atoms with Gasteiger partial charge in [-0.15, -0.1) is 11.8 Å². The molecule has 0 aliphatic carbocycles. The molecule has 0 spiro atoms. The van der Waals surface area contributed by atoms with E-state index in [2.05, 4.69) is 0 Å². The molecule has 1 aromatic heterocycles. The van der Waals surface area contributed by atoms with E-state index in [1.165, 1.54) is 11.8 Å². The van der Waals surface area contributed by atoms with Crippen LogP contribution in [0.15, 0.2) is 22.8 Å². The molecule has 66 valence electrons. The van der Waals surface area contributed by atoms with Crippen LogP contribution in [0.1, 0.15) is 12.7 Å². The number of hydrogen-bond donors (Lipinski definition) is 1. The average molecular weight is 186 g/mol. The lowest BCUT2D eigenvalue weighted by atomic mass is 10.5. The number of aliphatic carboxylic acids is 1. The molecular formula is C8H10O3S. The minimum Gasteiger partial charge on any atom is -0.480 e. The quantitative estimate of drug-likeness (QED) is 0.781. The highest BCUT2D eigenvalue weighted by atomic mass is 32.2. The molecule has 12 heavy (non-hydrogen) atoms. The van der Waals surface area contributed by atoms with Crippen LogP contribution in [0.2, 0.25) is 0 Å². The van der Waals surface area contributed by atoms with Gasteiger partial charge in [0, 0.05) is 0 Å². The van der Waals surface area contributed by atoms with Crippen molar-refractivity contribution < 1.29 is 14.3 Å². The first-order valence-electron chi connectivity index (χ1n) is 3.57. The number of carbonyl (C=O) groups is 1. The van der Waals surface area contributed by atoms with E-state index in [-0.39, 0.29) is 5.25 Å². The minimum absolute atomic E-state index is 0.380. The van der Waals surface area contributed by atoms with E-state index >= 15 is 0 Å². The van der Waals surface area contributed by atoms with Gasteiger partial charge in [0.15, 0.2) is 0 Å². The smallest absolute Gasteiger partial charge is 0.316 e. The molecule has 1 N–H and O–H groups in total. The van der Waals surface area contributed by atoms with Crippen molar-refractivity contribution in [2.24, 2.45) is 0 Å². The number of furan rings is 1.